The number of oxazole rings is 1. The van der Waals surface area contributed by atoms with Crippen LogP contribution in [0.15, 0.2) is 46.9 Å². The first-order chi connectivity index (χ1) is 23.4. The topological polar surface area (TPSA) is 160 Å². The number of piperidine rings is 1. The van der Waals surface area contributed by atoms with Crippen LogP contribution in [0.25, 0.3) is 11.1 Å². The molecule has 0 aliphatic carbocycles. The average molecular weight is 737 g/mol. The molecule has 2 aliphatic rings. The Bertz CT molecular complexity index is 1730. The number of nitrogens with one attached hydrogen (secondary N) is 3. The van der Waals surface area contributed by atoms with E-state index in [2.05, 4.69) is 20.3 Å². The van der Waals surface area contributed by atoms with E-state index in [1.165, 1.54) is 4.90 Å². The van der Waals surface area contributed by atoms with Crippen molar-refractivity contribution in [1.29, 1.82) is 0 Å². The standard InChI is InChI=1S/C34H43Cl2N5O7S/c1-3-26(31(42)33-39-28-18-24(36)9-11-30(28)48-33)38-32(43)29-19-25(47-17-14-21-4-7-23(35)8-5-21)20-41(29)34(44)27(40-49(2,45)46)10-6-22-12-15-37-16-13-22/h4-5,7-9,11,18,22,25-27,29,37,40H,3,6,10,12-17,19-20H2,1-2H3,(H,38,43)/t25-,26+,27-,29+/m1/s1. The zero-order valence-corrected chi connectivity index (χ0v) is 30.0. The molecule has 5 rings (SSSR count). The van der Waals surface area contributed by atoms with Gasteiger partial charge in [-0.15, -0.1) is 0 Å². The Balaban J connectivity index is 1.32. The summed E-state index contributed by atoms with van der Waals surface area (Å²) in [6.45, 7) is 3.92. The second kappa shape index (κ2) is 16.8. The van der Waals surface area contributed by atoms with Gasteiger partial charge in [-0.05, 0) is 93.4 Å². The van der Waals surface area contributed by atoms with Crippen molar-refractivity contribution < 1.29 is 32.0 Å². The number of hydrogen-bond acceptors (Lipinski definition) is 9. The molecule has 0 bridgehead atoms. The summed E-state index contributed by atoms with van der Waals surface area (Å²) < 4.78 is 39.2. The summed E-state index contributed by atoms with van der Waals surface area (Å²) in [6, 6.07) is 9.19. The third-order valence-corrected chi connectivity index (χ3v) is 10.3. The van der Waals surface area contributed by atoms with Crippen LogP contribution in [0.4, 0.5) is 0 Å². The van der Waals surface area contributed by atoms with Gasteiger partial charge in [-0.3, -0.25) is 14.4 Å². The lowest BCUT2D eigenvalue weighted by atomic mass is 9.91. The fraction of sp³-hybridized carbons (Fsp3) is 0.529. The highest BCUT2D eigenvalue weighted by Gasteiger charge is 2.43. The van der Waals surface area contributed by atoms with Crippen molar-refractivity contribution in [2.75, 3.05) is 32.5 Å². The highest BCUT2D eigenvalue weighted by molar-refractivity contribution is 7.88. The maximum atomic E-state index is 14.2. The van der Waals surface area contributed by atoms with Crippen LogP contribution in [0, 0.1) is 5.92 Å². The molecule has 0 spiro atoms. The summed E-state index contributed by atoms with van der Waals surface area (Å²) in [5.41, 5.74) is 1.82. The molecule has 4 atom stereocenters. The van der Waals surface area contributed by atoms with Crippen LogP contribution in [0.5, 0.6) is 0 Å². The number of hydrogen-bond donors (Lipinski definition) is 3. The van der Waals surface area contributed by atoms with Gasteiger partial charge in [0, 0.05) is 23.0 Å². The summed E-state index contributed by atoms with van der Waals surface area (Å²) in [4.78, 5) is 47.2. The first kappa shape index (κ1) is 37.2. The van der Waals surface area contributed by atoms with Crippen molar-refractivity contribution in [2.24, 2.45) is 5.92 Å². The summed E-state index contributed by atoms with van der Waals surface area (Å²) in [6.07, 6.45) is 4.37. The number of ketones is 1. The Morgan fingerprint density at radius 1 is 1.08 bits per heavy atom. The van der Waals surface area contributed by atoms with Crippen LogP contribution in [0.3, 0.4) is 0 Å². The van der Waals surface area contributed by atoms with Crippen LogP contribution in [-0.2, 0) is 30.8 Å². The van der Waals surface area contributed by atoms with Crippen LogP contribution in [0.2, 0.25) is 10.0 Å². The van der Waals surface area contributed by atoms with Gasteiger partial charge in [0.1, 0.15) is 17.6 Å². The van der Waals surface area contributed by atoms with Gasteiger partial charge < -0.3 is 24.7 Å². The number of ether oxygens (including phenoxy) is 1. The van der Waals surface area contributed by atoms with E-state index in [4.69, 9.17) is 32.4 Å². The SMILES string of the molecule is CC[C@H](NC(=O)[C@@H]1C[C@@H](OCCc2ccc(Cl)cc2)CN1C(=O)[C@@H](CCC1CCNCC1)NS(C)(=O)=O)C(=O)c1nc2cc(Cl)ccc2o1. The van der Waals surface area contributed by atoms with E-state index in [-0.39, 0.29) is 25.3 Å². The number of nitrogens with zero attached hydrogens (tertiary/aromatic N) is 2. The molecule has 2 fully saturated rings. The fourth-order valence-corrected chi connectivity index (χ4v) is 7.47. The number of benzene rings is 2. The monoisotopic (exact) mass is 735 g/mol. The van der Waals surface area contributed by atoms with Gasteiger partial charge in [0.25, 0.3) is 5.89 Å². The number of rotatable bonds is 15. The number of amides is 2. The van der Waals surface area contributed by atoms with Crippen molar-refractivity contribution in [3.05, 3.63) is 64.0 Å². The summed E-state index contributed by atoms with van der Waals surface area (Å²) in [5.74, 6) is -1.37. The second-order valence-corrected chi connectivity index (χ2v) is 15.4. The van der Waals surface area contributed by atoms with Gasteiger partial charge in [-0.2, -0.15) is 0 Å². The third-order valence-electron chi connectivity index (χ3n) is 9.08. The zero-order valence-electron chi connectivity index (χ0n) is 27.6. The van der Waals surface area contributed by atoms with Gasteiger partial charge in [-0.1, -0.05) is 42.3 Å². The van der Waals surface area contributed by atoms with Crippen LogP contribution >= 0.6 is 23.2 Å². The van der Waals surface area contributed by atoms with E-state index in [1.807, 2.05) is 12.1 Å². The maximum Gasteiger partial charge on any atom is 0.266 e. The lowest BCUT2D eigenvalue weighted by Gasteiger charge is -2.30. The number of Topliss-reactive ketones (excluding diaryl/α,β-unsaturated/α-hetero) is 1. The smallest absolute Gasteiger partial charge is 0.266 e. The molecule has 49 heavy (non-hydrogen) atoms. The first-order valence-electron chi connectivity index (χ1n) is 16.7. The predicted molar refractivity (Wildman–Crippen MR) is 187 cm³/mol. The van der Waals surface area contributed by atoms with Crippen molar-refractivity contribution in [2.45, 2.75) is 76.1 Å². The van der Waals surface area contributed by atoms with E-state index in [0.717, 1.165) is 37.8 Å². The van der Waals surface area contributed by atoms with Gasteiger partial charge in [-0.25, -0.2) is 18.1 Å². The Morgan fingerprint density at radius 3 is 2.49 bits per heavy atom. The Kier molecular flexibility index (Phi) is 12.7. The number of aromatic nitrogens is 1. The number of carbonyl (C=O) groups excluding carboxylic acids is 3. The van der Waals surface area contributed by atoms with Gasteiger partial charge in [0.05, 0.1) is 25.0 Å². The molecule has 1 aromatic heterocycles. The highest BCUT2D eigenvalue weighted by atomic mass is 35.5. The minimum absolute atomic E-state index is 0.0868. The summed E-state index contributed by atoms with van der Waals surface area (Å²) >= 11 is 12.1. The fourth-order valence-electron chi connectivity index (χ4n) is 6.44. The molecule has 15 heteroatoms. The molecule has 2 saturated heterocycles. The maximum absolute atomic E-state index is 14.2. The number of carbonyl (C=O) groups is 3. The number of fused-ring (bicyclic) bond motifs is 1. The molecule has 3 N–H and O–H groups in total. The first-order valence-corrected chi connectivity index (χ1v) is 19.3. The normalized spacial score (nSPS) is 20.0. The molecule has 266 valence electrons. The van der Waals surface area contributed by atoms with Crippen molar-refractivity contribution in [3.63, 3.8) is 0 Å². The van der Waals surface area contributed by atoms with Crippen molar-refractivity contribution in [3.8, 4) is 0 Å². The van der Waals surface area contributed by atoms with E-state index in [9.17, 15) is 22.8 Å². The van der Waals surface area contributed by atoms with E-state index >= 15 is 0 Å². The number of sulfonamides is 1. The largest absolute Gasteiger partial charge is 0.434 e. The molecule has 12 nitrogen and oxygen atoms in total. The number of likely N-dealkylation sites (tertiary alicyclic amines) is 1. The highest BCUT2D eigenvalue weighted by Crippen LogP contribution is 2.26. The molecule has 3 heterocycles. The minimum Gasteiger partial charge on any atom is -0.434 e. The predicted octanol–water partition coefficient (Wildman–Crippen LogP) is 4.14. The molecule has 3 aromatic rings. The molecule has 2 aliphatic heterocycles. The minimum atomic E-state index is -3.75. The third kappa shape index (κ3) is 10.2. The Morgan fingerprint density at radius 2 is 1.80 bits per heavy atom. The second-order valence-electron chi connectivity index (χ2n) is 12.8. The lowest BCUT2D eigenvalue weighted by molar-refractivity contribution is -0.140. The molecule has 2 amide bonds. The molecule has 0 radical (unpaired) electrons. The summed E-state index contributed by atoms with van der Waals surface area (Å²) in [5, 5.41) is 7.19. The van der Waals surface area contributed by atoms with Crippen molar-refractivity contribution >= 4 is 61.9 Å². The van der Waals surface area contributed by atoms with Crippen molar-refractivity contribution in [1.82, 2.24) is 25.2 Å². The van der Waals surface area contributed by atoms with Crippen LogP contribution in [0.1, 0.15) is 61.7 Å². The summed E-state index contributed by atoms with van der Waals surface area (Å²) in [7, 11) is -3.75. The molecule has 2 aromatic carbocycles. The van der Waals surface area contributed by atoms with Gasteiger partial charge in [0.2, 0.25) is 27.6 Å². The van der Waals surface area contributed by atoms with Gasteiger partial charge in [0.15, 0.2) is 5.58 Å². The Labute approximate surface area is 296 Å². The molecular weight excluding hydrogens is 693 g/mol. The quantitative estimate of drug-likeness (QED) is 0.195. The molecule has 0 unspecified atom stereocenters. The Hall–Kier alpha value is -3.07. The van der Waals surface area contributed by atoms with Crippen LogP contribution in [-0.4, -0.2) is 92.6 Å². The average Bonchev–Trinajstić information content (AvgIpc) is 3.70. The van der Waals surface area contributed by atoms with E-state index < -0.39 is 51.9 Å². The van der Waals surface area contributed by atoms with E-state index in [1.54, 1.807) is 37.3 Å². The molecular formula is C34H43Cl2N5O7S. The zero-order chi connectivity index (χ0) is 35.1. The van der Waals surface area contributed by atoms with E-state index in [0.29, 0.717) is 52.9 Å². The lowest BCUT2D eigenvalue weighted by Crippen LogP contribution is -2.55. The molecule has 0 saturated carbocycles. The van der Waals surface area contributed by atoms with Gasteiger partial charge >= 0.3 is 0 Å². The number of halogens is 2. The van der Waals surface area contributed by atoms with Crippen LogP contribution < -0.4 is 15.4 Å².